The molecule has 0 saturated heterocycles. The van der Waals surface area contributed by atoms with Crippen molar-refractivity contribution in [3.05, 3.63) is 57.1 Å². The van der Waals surface area contributed by atoms with E-state index in [1.165, 1.54) is 25.3 Å². The number of aldehydes is 1. The number of non-ortho nitro benzene ring substituents is 1. The molecule has 0 aliphatic heterocycles. The van der Waals surface area contributed by atoms with E-state index >= 15 is 0 Å². The molecule has 2 aromatic carbocycles. The van der Waals surface area contributed by atoms with Crippen molar-refractivity contribution in [2.24, 2.45) is 0 Å². The van der Waals surface area contributed by atoms with Gasteiger partial charge in [-0.1, -0.05) is 17.7 Å². The molecule has 0 unspecified atom stereocenters. The molecule has 0 bridgehead atoms. The van der Waals surface area contributed by atoms with Crippen LogP contribution in [-0.2, 0) is 0 Å². The summed E-state index contributed by atoms with van der Waals surface area (Å²) >= 11 is 5.94. The fraction of sp³-hybridized carbons (Fsp3) is 0.0714. The van der Waals surface area contributed by atoms with Crippen molar-refractivity contribution < 1.29 is 19.2 Å². The molecule has 2 rings (SSSR count). The first kappa shape index (κ1) is 14.8. The topological polar surface area (TPSA) is 78.7 Å². The number of carbonyl (C=O) groups excluding carboxylic acids is 1. The average Bonchev–Trinajstić information content (AvgIpc) is 2.48. The van der Waals surface area contributed by atoms with Crippen LogP contribution < -0.4 is 9.47 Å². The lowest BCUT2D eigenvalue weighted by molar-refractivity contribution is -0.384. The Morgan fingerprint density at radius 1 is 1.19 bits per heavy atom. The van der Waals surface area contributed by atoms with Crippen molar-refractivity contribution >= 4 is 23.6 Å². The molecule has 0 atom stereocenters. The van der Waals surface area contributed by atoms with Gasteiger partial charge in [0, 0.05) is 12.1 Å². The lowest BCUT2D eigenvalue weighted by Crippen LogP contribution is -1.96. The molecule has 7 heteroatoms. The first-order valence-electron chi connectivity index (χ1n) is 5.80. The van der Waals surface area contributed by atoms with Crippen molar-refractivity contribution in [2.75, 3.05) is 7.11 Å². The number of benzene rings is 2. The summed E-state index contributed by atoms with van der Waals surface area (Å²) in [5.74, 6) is 0.819. The van der Waals surface area contributed by atoms with E-state index in [-0.39, 0.29) is 27.8 Å². The molecule has 0 heterocycles. The SMILES string of the molecule is COc1cccc(Oc2ccc([N+](=O)[O-])cc2Cl)c1C=O. The molecule has 2 aromatic rings. The van der Waals surface area contributed by atoms with Crippen LogP contribution in [0.2, 0.25) is 5.02 Å². The third-order valence-electron chi connectivity index (χ3n) is 2.71. The number of methoxy groups -OCH3 is 1. The Kier molecular flexibility index (Phi) is 4.39. The Bertz CT molecular complexity index is 702. The molecule has 0 radical (unpaired) electrons. The summed E-state index contributed by atoms with van der Waals surface area (Å²) in [7, 11) is 1.44. The Balaban J connectivity index is 2.39. The normalized spacial score (nSPS) is 10.0. The number of halogens is 1. The van der Waals surface area contributed by atoms with Crippen LogP contribution in [0, 0.1) is 10.1 Å². The monoisotopic (exact) mass is 307 g/mol. The molecule has 0 aromatic heterocycles. The van der Waals surface area contributed by atoms with Crippen molar-refractivity contribution in [3.63, 3.8) is 0 Å². The number of nitrogens with zero attached hydrogens (tertiary/aromatic N) is 1. The smallest absolute Gasteiger partial charge is 0.271 e. The van der Waals surface area contributed by atoms with Gasteiger partial charge in [0.2, 0.25) is 0 Å². The van der Waals surface area contributed by atoms with Gasteiger partial charge in [-0.3, -0.25) is 14.9 Å². The third-order valence-corrected chi connectivity index (χ3v) is 3.01. The molecule has 0 spiro atoms. The number of nitro groups is 1. The minimum absolute atomic E-state index is 0.0730. The zero-order valence-electron chi connectivity index (χ0n) is 10.9. The maximum Gasteiger partial charge on any atom is 0.271 e. The zero-order valence-corrected chi connectivity index (χ0v) is 11.7. The standard InChI is InChI=1S/C14H10ClNO5/c1-20-12-3-2-4-13(10(12)8-17)21-14-6-5-9(16(18)19)7-11(14)15/h2-8H,1H3. The van der Waals surface area contributed by atoms with Crippen LogP contribution in [-0.4, -0.2) is 18.3 Å². The van der Waals surface area contributed by atoms with Gasteiger partial charge in [-0.15, -0.1) is 0 Å². The van der Waals surface area contributed by atoms with E-state index in [0.717, 1.165) is 0 Å². The molecule has 108 valence electrons. The van der Waals surface area contributed by atoms with Crippen LogP contribution in [0.3, 0.4) is 0 Å². The summed E-state index contributed by atoms with van der Waals surface area (Å²) in [4.78, 5) is 21.2. The molecular weight excluding hydrogens is 298 g/mol. The Hall–Kier alpha value is -2.60. The summed E-state index contributed by atoms with van der Waals surface area (Å²) in [6.07, 6.45) is 0.605. The first-order valence-corrected chi connectivity index (χ1v) is 6.18. The zero-order chi connectivity index (χ0) is 15.4. The first-order chi connectivity index (χ1) is 10.1. The minimum atomic E-state index is -0.557. The summed E-state index contributed by atoms with van der Waals surface area (Å²) in [6, 6.07) is 8.66. The van der Waals surface area contributed by atoms with Crippen molar-refractivity contribution in [1.82, 2.24) is 0 Å². The fourth-order valence-corrected chi connectivity index (χ4v) is 1.92. The predicted octanol–water partition coefficient (Wildman–Crippen LogP) is 3.86. The summed E-state index contributed by atoms with van der Waals surface area (Å²) in [5.41, 5.74) is 0.0861. The van der Waals surface area contributed by atoms with Crippen LogP contribution in [0.5, 0.6) is 17.2 Å². The number of hydrogen-bond acceptors (Lipinski definition) is 5. The highest BCUT2D eigenvalue weighted by atomic mass is 35.5. The number of nitro benzene ring substituents is 1. The van der Waals surface area contributed by atoms with E-state index in [4.69, 9.17) is 21.1 Å². The van der Waals surface area contributed by atoms with Crippen molar-refractivity contribution in [3.8, 4) is 17.2 Å². The van der Waals surface area contributed by atoms with Gasteiger partial charge >= 0.3 is 0 Å². The highest BCUT2D eigenvalue weighted by Crippen LogP contribution is 2.35. The van der Waals surface area contributed by atoms with Gasteiger partial charge in [-0.25, -0.2) is 0 Å². The molecule has 0 fully saturated rings. The molecule has 21 heavy (non-hydrogen) atoms. The maximum absolute atomic E-state index is 11.1. The van der Waals surface area contributed by atoms with E-state index < -0.39 is 4.92 Å². The van der Waals surface area contributed by atoms with Crippen LogP contribution in [0.15, 0.2) is 36.4 Å². The van der Waals surface area contributed by atoms with Gasteiger partial charge in [0.05, 0.1) is 22.6 Å². The predicted molar refractivity (Wildman–Crippen MR) is 76.6 cm³/mol. The highest BCUT2D eigenvalue weighted by molar-refractivity contribution is 6.32. The molecule has 0 aliphatic carbocycles. The summed E-state index contributed by atoms with van der Waals surface area (Å²) in [5, 5.41) is 10.7. The molecule has 0 aliphatic rings. The Morgan fingerprint density at radius 2 is 1.90 bits per heavy atom. The largest absolute Gasteiger partial charge is 0.496 e. The van der Waals surface area contributed by atoms with Crippen LogP contribution >= 0.6 is 11.6 Å². The van der Waals surface area contributed by atoms with Crippen molar-refractivity contribution in [2.45, 2.75) is 0 Å². The lowest BCUT2D eigenvalue weighted by atomic mass is 10.2. The van der Waals surface area contributed by atoms with Gasteiger partial charge in [0.15, 0.2) is 6.29 Å². The minimum Gasteiger partial charge on any atom is -0.496 e. The lowest BCUT2D eigenvalue weighted by Gasteiger charge is -2.11. The van der Waals surface area contributed by atoms with E-state index in [0.29, 0.717) is 12.0 Å². The summed E-state index contributed by atoms with van der Waals surface area (Å²) < 4.78 is 10.6. The summed E-state index contributed by atoms with van der Waals surface area (Å²) in [6.45, 7) is 0. The fourth-order valence-electron chi connectivity index (χ4n) is 1.71. The van der Waals surface area contributed by atoms with Gasteiger partial charge in [0.25, 0.3) is 5.69 Å². The second-order valence-corrected chi connectivity index (χ2v) is 4.37. The molecule has 0 saturated carbocycles. The van der Waals surface area contributed by atoms with Gasteiger partial charge < -0.3 is 9.47 Å². The van der Waals surface area contributed by atoms with E-state index in [9.17, 15) is 14.9 Å². The van der Waals surface area contributed by atoms with E-state index in [1.54, 1.807) is 18.2 Å². The van der Waals surface area contributed by atoms with Crippen LogP contribution in [0.1, 0.15) is 10.4 Å². The highest BCUT2D eigenvalue weighted by Gasteiger charge is 2.14. The van der Waals surface area contributed by atoms with Crippen LogP contribution in [0.4, 0.5) is 5.69 Å². The number of hydrogen-bond donors (Lipinski definition) is 0. The van der Waals surface area contributed by atoms with Gasteiger partial charge in [-0.2, -0.15) is 0 Å². The van der Waals surface area contributed by atoms with Crippen LogP contribution in [0.25, 0.3) is 0 Å². The average molecular weight is 308 g/mol. The van der Waals surface area contributed by atoms with Gasteiger partial charge in [-0.05, 0) is 18.2 Å². The van der Waals surface area contributed by atoms with Gasteiger partial charge in [0.1, 0.15) is 17.2 Å². The number of ether oxygens (including phenoxy) is 2. The number of rotatable bonds is 5. The molecule has 6 nitrogen and oxygen atoms in total. The molecule has 0 amide bonds. The quantitative estimate of drug-likeness (QED) is 0.476. The van der Waals surface area contributed by atoms with E-state index in [1.807, 2.05) is 0 Å². The number of carbonyl (C=O) groups is 1. The van der Waals surface area contributed by atoms with E-state index in [2.05, 4.69) is 0 Å². The third kappa shape index (κ3) is 3.11. The second kappa shape index (κ2) is 6.23. The Labute approximate surface area is 125 Å². The maximum atomic E-state index is 11.1. The second-order valence-electron chi connectivity index (χ2n) is 3.96. The molecule has 0 N–H and O–H groups in total. The molecular formula is C14H10ClNO5. The Morgan fingerprint density at radius 3 is 2.48 bits per heavy atom. The van der Waals surface area contributed by atoms with Crippen molar-refractivity contribution in [1.29, 1.82) is 0 Å².